The first kappa shape index (κ1) is 25.0. The number of thiocarbonyl (C=S) groups is 1. The third-order valence-electron chi connectivity index (χ3n) is 7.19. The topological polar surface area (TPSA) is 42.3 Å². The molecule has 2 aromatic heterocycles. The summed E-state index contributed by atoms with van der Waals surface area (Å²) in [7, 11) is 0. The Kier molecular flexibility index (Phi) is 6.78. The lowest BCUT2D eigenvalue weighted by atomic mass is 9.96. The molecule has 0 spiro atoms. The zero-order valence-corrected chi connectivity index (χ0v) is 23.1. The predicted octanol–water partition coefficient (Wildman–Crippen LogP) is 7.07. The lowest BCUT2D eigenvalue weighted by Crippen LogP contribution is -2.29. The number of rotatable bonds is 6. The van der Waals surface area contributed by atoms with Crippen LogP contribution in [0.5, 0.6) is 5.75 Å². The van der Waals surface area contributed by atoms with Gasteiger partial charge in [0, 0.05) is 29.0 Å². The first-order chi connectivity index (χ1) is 17.8. The smallest absolute Gasteiger partial charge is 0.174 e. The zero-order chi connectivity index (χ0) is 26.3. The van der Waals surface area contributed by atoms with Crippen molar-refractivity contribution in [3.63, 3.8) is 0 Å². The Morgan fingerprint density at radius 1 is 0.946 bits per heavy atom. The van der Waals surface area contributed by atoms with Crippen LogP contribution in [-0.4, -0.2) is 20.8 Å². The summed E-state index contributed by atoms with van der Waals surface area (Å²) < 4.78 is 8.26. The second-order valence-electron chi connectivity index (χ2n) is 10.0. The lowest BCUT2D eigenvalue weighted by molar-refractivity contribution is 0.242. The highest BCUT2D eigenvalue weighted by Crippen LogP contribution is 2.44. The first-order valence-electron chi connectivity index (χ1n) is 12.8. The molecule has 190 valence electrons. The monoisotopic (exact) mass is 510 g/mol. The molecule has 0 unspecified atom stereocenters. The van der Waals surface area contributed by atoms with Gasteiger partial charge in [-0.3, -0.25) is 4.98 Å². The van der Waals surface area contributed by atoms with Crippen molar-refractivity contribution in [3.8, 4) is 11.4 Å². The van der Waals surface area contributed by atoms with E-state index in [0.717, 1.165) is 17.1 Å². The van der Waals surface area contributed by atoms with Gasteiger partial charge < -0.3 is 19.5 Å². The summed E-state index contributed by atoms with van der Waals surface area (Å²) in [5, 5.41) is 4.27. The Morgan fingerprint density at radius 2 is 1.70 bits per heavy atom. The fourth-order valence-electron chi connectivity index (χ4n) is 5.34. The molecule has 37 heavy (non-hydrogen) atoms. The number of nitrogens with one attached hydrogen (secondary N) is 1. The number of anilines is 1. The number of ether oxygens (including phenoxy) is 1. The largest absolute Gasteiger partial charge is 0.491 e. The summed E-state index contributed by atoms with van der Waals surface area (Å²) in [5.74, 6) is 0.850. The molecule has 2 aromatic carbocycles. The van der Waals surface area contributed by atoms with Crippen LogP contribution in [0, 0.1) is 27.7 Å². The van der Waals surface area contributed by atoms with Gasteiger partial charge in [0.1, 0.15) is 5.75 Å². The van der Waals surface area contributed by atoms with Crippen molar-refractivity contribution in [3.05, 3.63) is 107 Å². The van der Waals surface area contributed by atoms with E-state index in [2.05, 4.69) is 84.9 Å². The molecule has 0 bridgehead atoms. The van der Waals surface area contributed by atoms with E-state index in [0.29, 0.717) is 5.11 Å². The molecule has 4 aromatic rings. The van der Waals surface area contributed by atoms with Crippen LogP contribution in [0.2, 0.25) is 0 Å². The Labute approximate surface area is 225 Å². The molecule has 1 aliphatic rings. The fourth-order valence-corrected chi connectivity index (χ4v) is 5.69. The van der Waals surface area contributed by atoms with Crippen molar-refractivity contribution in [1.82, 2.24) is 14.9 Å². The Morgan fingerprint density at radius 3 is 2.38 bits per heavy atom. The number of hydrogen-bond acceptors (Lipinski definition) is 3. The average molecular weight is 511 g/mol. The SMILES string of the molecule is Cc1cccc(-n2c(C)cc([C@H]3[C@@H](c4ccccn4)NC(=S)N3c3ccc(OC(C)C)cc3)c2C)c1C. The Bertz CT molecular complexity index is 1430. The second-order valence-corrected chi connectivity index (χ2v) is 10.4. The van der Waals surface area contributed by atoms with Crippen LogP contribution < -0.4 is 15.0 Å². The van der Waals surface area contributed by atoms with Gasteiger partial charge in [0.05, 0.1) is 23.9 Å². The minimum Gasteiger partial charge on any atom is -0.491 e. The maximum absolute atomic E-state index is 5.94. The van der Waals surface area contributed by atoms with E-state index >= 15 is 0 Å². The summed E-state index contributed by atoms with van der Waals surface area (Å²) in [5.41, 5.74) is 9.40. The van der Waals surface area contributed by atoms with Gasteiger partial charge in [0.15, 0.2) is 5.11 Å². The highest BCUT2D eigenvalue weighted by atomic mass is 32.1. The number of pyridine rings is 1. The van der Waals surface area contributed by atoms with Crippen LogP contribution in [0.25, 0.3) is 5.69 Å². The van der Waals surface area contributed by atoms with E-state index < -0.39 is 0 Å². The first-order valence-corrected chi connectivity index (χ1v) is 13.2. The maximum Gasteiger partial charge on any atom is 0.174 e. The van der Waals surface area contributed by atoms with Gasteiger partial charge in [-0.1, -0.05) is 18.2 Å². The highest BCUT2D eigenvalue weighted by molar-refractivity contribution is 7.80. The van der Waals surface area contributed by atoms with Crippen LogP contribution in [0.15, 0.2) is 72.9 Å². The molecule has 5 rings (SSSR count). The van der Waals surface area contributed by atoms with Gasteiger partial charge in [0.2, 0.25) is 0 Å². The molecule has 0 amide bonds. The molecular formula is C31H34N4OS. The lowest BCUT2D eigenvalue weighted by Gasteiger charge is -2.28. The Hall–Kier alpha value is -3.64. The summed E-state index contributed by atoms with van der Waals surface area (Å²) in [6.45, 7) is 12.8. The van der Waals surface area contributed by atoms with E-state index in [4.69, 9.17) is 21.9 Å². The van der Waals surface area contributed by atoms with Crippen molar-refractivity contribution in [2.24, 2.45) is 0 Å². The van der Waals surface area contributed by atoms with Crippen LogP contribution >= 0.6 is 12.2 Å². The molecule has 0 radical (unpaired) electrons. The van der Waals surface area contributed by atoms with Gasteiger partial charge in [-0.25, -0.2) is 0 Å². The van der Waals surface area contributed by atoms with E-state index in [-0.39, 0.29) is 18.2 Å². The molecule has 1 fully saturated rings. The number of aromatic nitrogens is 2. The highest BCUT2D eigenvalue weighted by Gasteiger charge is 2.42. The van der Waals surface area contributed by atoms with Crippen LogP contribution in [-0.2, 0) is 0 Å². The minimum absolute atomic E-state index is 0.0654. The summed E-state index contributed by atoms with van der Waals surface area (Å²) >= 11 is 5.94. The number of hydrogen-bond donors (Lipinski definition) is 1. The summed E-state index contributed by atoms with van der Waals surface area (Å²) in [6, 6.07) is 22.9. The predicted molar refractivity (Wildman–Crippen MR) is 155 cm³/mol. The van der Waals surface area contributed by atoms with Gasteiger partial charge in [-0.05, 0) is 119 Å². The molecule has 2 atom stereocenters. The van der Waals surface area contributed by atoms with Crippen molar-refractivity contribution in [1.29, 1.82) is 0 Å². The molecule has 1 saturated heterocycles. The number of aryl methyl sites for hydroxylation is 2. The molecule has 0 aliphatic carbocycles. The molecule has 6 heteroatoms. The maximum atomic E-state index is 5.94. The molecule has 5 nitrogen and oxygen atoms in total. The van der Waals surface area contributed by atoms with Crippen LogP contribution in [0.1, 0.15) is 59.7 Å². The standard InChI is InChI=1S/C31H34N4OS/c1-19(2)36-25-15-13-24(14-16-25)35-30(29(33-31(35)37)27-11-7-8-17-32-27)26-18-21(4)34(23(26)6)28-12-9-10-20(3)22(28)5/h7-19,29-30H,1-6H3,(H,33,37)/t29-,30+/m1/s1. The third kappa shape index (κ3) is 4.62. The molecule has 3 heterocycles. The molecule has 1 N–H and O–H groups in total. The third-order valence-corrected chi connectivity index (χ3v) is 7.51. The van der Waals surface area contributed by atoms with Crippen molar-refractivity contribution < 1.29 is 4.74 Å². The van der Waals surface area contributed by atoms with Crippen LogP contribution in [0.3, 0.4) is 0 Å². The average Bonchev–Trinajstić information content (AvgIpc) is 3.37. The van der Waals surface area contributed by atoms with Gasteiger partial charge in [-0.2, -0.15) is 0 Å². The summed E-state index contributed by atoms with van der Waals surface area (Å²) in [4.78, 5) is 6.94. The van der Waals surface area contributed by atoms with Gasteiger partial charge in [-0.15, -0.1) is 0 Å². The summed E-state index contributed by atoms with van der Waals surface area (Å²) in [6.07, 6.45) is 1.97. The second kappa shape index (κ2) is 10.0. The quantitative estimate of drug-likeness (QED) is 0.281. The molecular weight excluding hydrogens is 476 g/mol. The van der Waals surface area contributed by atoms with E-state index in [1.165, 1.54) is 33.8 Å². The van der Waals surface area contributed by atoms with E-state index in [1.807, 2.05) is 44.3 Å². The molecule has 0 saturated carbocycles. The van der Waals surface area contributed by atoms with Crippen molar-refractivity contribution in [2.45, 2.75) is 59.7 Å². The number of benzene rings is 2. The van der Waals surface area contributed by atoms with E-state index in [1.54, 1.807) is 0 Å². The van der Waals surface area contributed by atoms with Gasteiger partial charge >= 0.3 is 0 Å². The van der Waals surface area contributed by atoms with Gasteiger partial charge in [0.25, 0.3) is 0 Å². The van der Waals surface area contributed by atoms with Crippen molar-refractivity contribution >= 4 is 23.0 Å². The Balaban J connectivity index is 1.64. The fraction of sp³-hybridized carbons (Fsp3) is 0.290. The normalized spacial score (nSPS) is 17.4. The van der Waals surface area contributed by atoms with E-state index in [9.17, 15) is 0 Å². The van der Waals surface area contributed by atoms with Crippen molar-refractivity contribution in [2.75, 3.05) is 4.90 Å². The molecule has 1 aliphatic heterocycles. The zero-order valence-electron chi connectivity index (χ0n) is 22.3. The number of nitrogens with zero attached hydrogens (tertiary/aromatic N) is 3. The minimum atomic E-state index is -0.0900. The van der Waals surface area contributed by atoms with Crippen LogP contribution in [0.4, 0.5) is 5.69 Å².